The summed E-state index contributed by atoms with van der Waals surface area (Å²) in [5.74, 6) is -0.0898. The van der Waals surface area contributed by atoms with Gasteiger partial charge in [0.25, 0.3) is 5.91 Å². The minimum absolute atomic E-state index is 0.0898. The molecule has 0 radical (unpaired) electrons. The van der Waals surface area contributed by atoms with Crippen LogP contribution in [-0.4, -0.2) is 10.9 Å². The van der Waals surface area contributed by atoms with E-state index < -0.39 is 0 Å². The molecule has 0 aliphatic carbocycles. The number of hydrogen-bond acceptors (Lipinski definition) is 3. The molecule has 1 amide bonds. The Kier molecular flexibility index (Phi) is 4.36. The highest BCUT2D eigenvalue weighted by molar-refractivity contribution is 9.10. The first-order valence-electron chi connectivity index (χ1n) is 6.72. The van der Waals surface area contributed by atoms with Gasteiger partial charge >= 0.3 is 0 Å². The van der Waals surface area contributed by atoms with E-state index in [1.807, 2.05) is 66.9 Å². The predicted octanol–water partition coefficient (Wildman–Crippen LogP) is 5.19. The van der Waals surface area contributed by atoms with Crippen LogP contribution < -0.4 is 4.90 Å². The van der Waals surface area contributed by atoms with E-state index in [4.69, 9.17) is 0 Å². The summed E-state index contributed by atoms with van der Waals surface area (Å²) in [6.45, 7) is 1.92. The fourth-order valence-electron chi connectivity index (χ4n) is 2.06. The summed E-state index contributed by atoms with van der Waals surface area (Å²) in [5, 5.41) is 2.62. The number of aryl methyl sites for hydroxylation is 1. The number of anilines is 2. The Morgan fingerprint density at radius 1 is 1.09 bits per heavy atom. The van der Waals surface area contributed by atoms with Gasteiger partial charge in [-0.3, -0.25) is 9.69 Å². The summed E-state index contributed by atoms with van der Waals surface area (Å²) in [6.07, 6.45) is 0. The highest BCUT2D eigenvalue weighted by Gasteiger charge is 2.22. The number of aromatic nitrogens is 1. The number of nitrogens with zero attached hydrogens (tertiary/aromatic N) is 2. The smallest absolute Gasteiger partial charge is 0.264 e. The van der Waals surface area contributed by atoms with Gasteiger partial charge in [0.15, 0.2) is 5.13 Å². The molecule has 0 atom stereocenters. The van der Waals surface area contributed by atoms with Crippen LogP contribution >= 0.6 is 27.3 Å². The molecule has 1 aromatic heterocycles. The fraction of sp³-hybridized carbons (Fsp3) is 0.0588. The lowest BCUT2D eigenvalue weighted by atomic mass is 10.2. The zero-order chi connectivity index (χ0) is 15.5. The largest absolute Gasteiger partial charge is 0.268 e. The standard InChI is InChI=1S/C17H13BrN2OS/c1-12-11-22-17(19-12)20(15-5-3-2-4-6-15)16(21)13-7-9-14(18)10-8-13/h2-11H,1H3. The topological polar surface area (TPSA) is 33.2 Å². The normalized spacial score (nSPS) is 10.5. The van der Waals surface area contributed by atoms with Crippen LogP contribution in [-0.2, 0) is 0 Å². The lowest BCUT2D eigenvalue weighted by Crippen LogP contribution is -2.25. The number of carbonyl (C=O) groups is 1. The third-order valence-electron chi connectivity index (χ3n) is 3.11. The second-order valence-electron chi connectivity index (χ2n) is 4.75. The van der Waals surface area contributed by atoms with Crippen LogP contribution in [0, 0.1) is 6.92 Å². The average Bonchev–Trinajstić information content (AvgIpc) is 2.95. The van der Waals surface area contributed by atoms with Crippen molar-refractivity contribution in [1.29, 1.82) is 0 Å². The van der Waals surface area contributed by atoms with E-state index in [2.05, 4.69) is 20.9 Å². The highest BCUT2D eigenvalue weighted by Crippen LogP contribution is 2.30. The van der Waals surface area contributed by atoms with Gasteiger partial charge in [0.1, 0.15) is 0 Å². The van der Waals surface area contributed by atoms with Gasteiger partial charge < -0.3 is 0 Å². The molecule has 1 heterocycles. The van der Waals surface area contributed by atoms with Crippen molar-refractivity contribution in [3.8, 4) is 0 Å². The minimum atomic E-state index is -0.0898. The summed E-state index contributed by atoms with van der Waals surface area (Å²) >= 11 is 4.85. The quantitative estimate of drug-likeness (QED) is 0.633. The fourth-order valence-corrected chi connectivity index (χ4v) is 3.14. The molecular weight excluding hydrogens is 360 g/mol. The maximum absolute atomic E-state index is 12.9. The Hall–Kier alpha value is -1.98. The van der Waals surface area contributed by atoms with Gasteiger partial charge in [0, 0.05) is 15.4 Å². The molecule has 0 fully saturated rings. The number of hydrogen-bond donors (Lipinski definition) is 0. The molecule has 3 rings (SSSR count). The maximum atomic E-state index is 12.9. The number of carbonyl (C=O) groups excluding carboxylic acids is 1. The molecule has 110 valence electrons. The summed E-state index contributed by atoms with van der Waals surface area (Å²) in [7, 11) is 0. The van der Waals surface area contributed by atoms with Crippen LogP contribution in [0.25, 0.3) is 0 Å². The van der Waals surface area contributed by atoms with E-state index in [0.717, 1.165) is 15.9 Å². The van der Waals surface area contributed by atoms with Crippen molar-refractivity contribution in [2.75, 3.05) is 4.90 Å². The van der Waals surface area contributed by atoms with Crippen LogP contribution in [0.1, 0.15) is 16.1 Å². The zero-order valence-corrected chi connectivity index (χ0v) is 14.3. The second-order valence-corrected chi connectivity index (χ2v) is 6.51. The van der Waals surface area contributed by atoms with E-state index in [9.17, 15) is 4.79 Å². The summed E-state index contributed by atoms with van der Waals surface area (Å²) < 4.78 is 0.945. The van der Waals surface area contributed by atoms with Crippen molar-refractivity contribution >= 4 is 44.0 Å². The Morgan fingerprint density at radius 2 is 1.77 bits per heavy atom. The predicted molar refractivity (Wildman–Crippen MR) is 93.9 cm³/mol. The van der Waals surface area contributed by atoms with E-state index in [1.54, 1.807) is 4.90 Å². The molecule has 0 aliphatic rings. The molecule has 0 aliphatic heterocycles. The first-order valence-corrected chi connectivity index (χ1v) is 8.39. The van der Waals surface area contributed by atoms with Gasteiger partial charge in [-0.05, 0) is 43.3 Å². The third-order valence-corrected chi connectivity index (χ3v) is 4.58. The van der Waals surface area contributed by atoms with Gasteiger partial charge in [0.2, 0.25) is 0 Å². The molecule has 3 aromatic rings. The third kappa shape index (κ3) is 3.10. The molecule has 2 aromatic carbocycles. The van der Waals surface area contributed by atoms with E-state index in [0.29, 0.717) is 10.7 Å². The van der Waals surface area contributed by atoms with Crippen LogP contribution in [0.2, 0.25) is 0 Å². The minimum Gasteiger partial charge on any atom is -0.268 e. The Balaban J connectivity index is 2.05. The molecule has 0 bridgehead atoms. The summed E-state index contributed by atoms with van der Waals surface area (Å²) in [6, 6.07) is 16.9. The number of rotatable bonds is 3. The van der Waals surface area contributed by atoms with Crippen molar-refractivity contribution < 1.29 is 4.79 Å². The molecule has 0 saturated carbocycles. The van der Waals surface area contributed by atoms with E-state index in [-0.39, 0.29) is 5.91 Å². The monoisotopic (exact) mass is 372 g/mol. The number of para-hydroxylation sites is 1. The molecule has 3 nitrogen and oxygen atoms in total. The van der Waals surface area contributed by atoms with Crippen LogP contribution in [0.5, 0.6) is 0 Å². The van der Waals surface area contributed by atoms with Crippen LogP contribution in [0.3, 0.4) is 0 Å². The number of thiazole rings is 1. The summed E-state index contributed by atoms with van der Waals surface area (Å²) in [5.41, 5.74) is 2.34. The second kappa shape index (κ2) is 6.42. The molecule has 22 heavy (non-hydrogen) atoms. The number of benzene rings is 2. The Labute approximate surface area is 141 Å². The molecule has 0 unspecified atom stereocenters. The first kappa shape index (κ1) is 14.9. The van der Waals surface area contributed by atoms with Gasteiger partial charge in [-0.25, -0.2) is 4.98 Å². The molecular formula is C17H13BrN2OS. The SMILES string of the molecule is Cc1csc(N(C(=O)c2ccc(Br)cc2)c2ccccc2)n1. The number of halogens is 1. The average molecular weight is 373 g/mol. The van der Waals surface area contributed by atoms with Crippen molar-refractivity contribution in [2.24, 2.45) is 0 Å². The molecule has 0 spiro atoms. The van der Waals surface area contributed by atoms with Crippen LogP contribution in [0.4, 0.5) is 10.8 Å². The van der Waals surface area contributed by atoms with Gasteiger partial charge in [-0.2, -0.15) is 0 Å². The van der Waals surface area contributed by atoms with Crippen molar-refractivity contribution in [3.63, 3.8) is 0 Å². The van der Waals surface area contributed by atoms with Gasteiger partial charge in [-0.1, -0.05) is 34.1 Å². The van der Waals surface area contributed by atoms with Crippen molar-refractivity contribution in [3.05, 3.63) is 75.7 Å². The van der Waals surface area contributed by atoms with Crippen molar-refractivity contribution in [2.45, 2.75) is 6.92 Å². The van der Waals surface area contributed by atoms with E-state index in [1.165, 1.54) is 11.3 Å². The van der Waals surface area contributed by atoms with E-state index >= 15 is 0 Å². The lowest BCUT2D eigenvalue weighted by Gasteiger charge is -2.20. The molecule has 5 heteroatoms. The maximum Gasteiger partial charge on any atom is 0.264 e. The Morgan fingerprint density at radius 3 is 2.36 bits per heavy atom. The van der Waals surface area contributed by atoms with Gasteiger partial charge in [-0.15, -0.1) is 11.3 Å². The zero-order valence-electron chi connectivity index (χ0n) is 11.9. The lowest BCUT2D eigenvalue weighted by molar-refractivity contribution is 0.0999. The van der Waals surface area contributed by atoms with Crippen LogP contribution in [0.15, 0.2) is 64.5 Å². The van der Waals surface area contributed by atoms with Gasteiger partial charge in [0.05, 0.1) is 11.4 Å². The molecule has 0 N–H and O–H groups in total. The number of amides is 1. The van der Waals surface area contributed by atoms with Crippen molar-refractivity contribution in [1.82, 2.24) is 4.98 Å². The Bertz CT molecular complexity index is 784. The first-order chi connectivity index (χ1) is 10.6. The highest BCUT2D eigenvalue weighted by atomic mass is 79.9. The summed E-state index contributed by atoms with van der Waals surface area (Å²) in [4.78, 5) is 19.1. The molecule has 0 saturated heterocycles.